The predicted octanol–water partition coefficient (Wildman–Crippen LogP) is 10.8. The highest BCUT2D eigenvalue weighted by molar-refractivity contribution is 5.88. The number of phenolic OH excluding ortho intramolecular Hbond substituents is 4. The lowest BCUT2D eigenvalue weighted by Crippen LogP contribution is -2.17. The molecule has 0 saturated heterocycles. The summed E-state index contributed by atoms with van der Waals surface area (Å²) < 4.78 is 0. The van der Waals surface area contributed by atoms with E-state index in [1.165, 1.54) is 0 Å². The molecule has 0 aliphatic carbocycles. The highest BCUT2D eigenvalue weighted by Gasteiger charge is 2.26. The molecule has 0 aliphatic heterocycles. The number of aliphatic imine (C=N–C) groups is 2. The van der Waals surface area contributed by atoms with Crippen molar-refractivity contribution in [3.8, 4) is 23.0 Å². The maximum absolute atomic E-state index is 11.1. The molecule has 0 aliphatic rings. The molecule has 0 heterocycles. The molecule has 0 aromatic heterocycles. The maximum atomic E-state index is 11.1. The van der Waals surface area contributed by atoms with E-state index in [1.807, 2.05) is 24.3 Å². The Hall–Kier alpha value is -4.58. The Morgan fingerprint density at radius 2 is 0.816 bits per heavy atom. The van der Waals surface area contributed by atoms with Crippen molar-refractivity contribution in [2.24, 2.45) is 9.98 Å². The van der Waals surface area contributed by atoms with Gasteiger partial charge in [-0.1, -0.05) is 107 Å². The molecule has 4 N–H and O–H groups in total. The molecule has 0 saturated carbocycles. The molecule has 4 aromatic carbocycles. The van der Waals surface area contributed by atoms with Crippen LogP contribution in [0.15, 0.2) is 70.6 Å². The number of benzene rings is 4. The van der Waals surface area contributed by atoms with Crippen LogP contribution >= 0.6 is 0 Å². The fraction of sp³-hybridized carbons (Fsp3) is 0.395. The smallest absolute Gasteiger partial charge is 0.141 e. The summed E-state index contributed by atoms with van der Waals surface area (Å²) in [5, 5.41) is 43.9. The summed E-state index contributed by atoms with van der Waals surface area (Å²) in [4.78, 5) is 9.07. The molecular weight excluding hydrogens is 608 g/mol. The van der Waals surface area contributed by atoms with Crippen LogP contribution in [0, 0.1) is 0 Å². The first-order valence-electron chi connectivity index (χ1n) is 16.9. The van der Waals surface area contributed by atoms with Crippen LogP contribution in [0.1, 0.15) is 128 Å². The van der Waals surface area contributed by atoms with Crippen LogP contribution < -0.4 is 0 Å². The zero-order valence-electron chi connectivity index (χ0n) is 31.3. The van der Waals surface area contributed by atoms with E-state index in [4.69, 9.17) is 0 Å². The van der Waals surface area contributed by atoms with Gasteiger partial charge in [-0.25, -0.2) is 0 Å². The number of aromatic hydroxyl groups is 4. The normalized spacial score (nSPS) is 13.1. The highest BCUT2D eigenvalue weighted by atomic mass is 16.3. The van der Waals surface area contributed by atoms with Crippen molar-refractivity contribution in [1.82, 2.24) is 0 Å². The lowest BCUT2D eigenvalue weighted by Gasteiger charge is -2.27. The molecule has 260 valence electrons. The minimum Gasteiger partial charge on any atom is -0.507 e. The molecule has 4 aromatic rings. The molecule has 0 unspecified atom stereocenters. The summed E-state index contributed by atoms with van der Waals surface area (Å²) in [7, 11) is 0. The number of hydrogen-bond acceptors (Lipinski definition) is 6. The Balaban J connectivity index is 1.56. The van der Waals surface area contributed by atoms with Crippen LogP contribution in [0.2, 0.25) is 0 Å². The van der Waals surface area contributed by atoms with Crippen LogP contribution in [0.5, 0.6) is 23.0 Å². The van der Waals surface area contributed by atoms with Crippen LogP contribution in [-0.2, 0) is 28.1 Å². The summed E-state index contributed by atoms with van der Waals surface area (Å²) in [5.41, 5.74) is 6.83. The van der Waals surface area contributed by atoms with Gasteiger partial charge in [-0.05, 0) is 86.7 Å². The number of phenols is 4. The van der Waals surface area contributed by atoms with E-state index in [-0.39, 0.29) is 44.7 Å². The monoisotopic (exact) mass is 662 g/mol. The van der Waals surface area contributed by atoms with Gasteiger partial charge < -0.3 is 20.4 Å². The van der Waals surface area contributed by atoms with Crippen LogP contribution in [0.4, 0.5) is 11.4 Å². The van der Waals surface area contributed by atoms with E-state index in [1.54, 1.807) is 36.7 Å². The molecule has 0 amide bonds. The van der Waals surface area contributed by atoms with E-state index < -0.39 is 0 Å². The standard InChI is InChI=1S/C43H54N2O4/c1-40(2,3)30-20-28(38(48)32(22-30)42(7,8)9)24-44-34-15-13-26(18-36(34)46)17-27-14-16-35(37(47)19-27)45-25-29-21-31(41(4,5)6)23-33(39(29)49)43(10,11)12/h13-16,18-25,46-49H,17H2,1-12H3. The Bertz CT molecular complexity index is 1770. The van der Waals surface area contributed by atoms with Crippen molar-refractivity contribution < 1.29 is 20.4 Å². The molecule has 0 atom stereocenters. The van der Waals surface area contributed by atoms with Crippen LogP contribution in [0.3, 0.4) is 0 Å². The van der Waals surface area contributed by atoms with Gasteiger partial charge in [-0.2, -0.15) is 0 Å². The third kappa shape index (κ3) is 8.91. The Morgan fingerprint density at radius 3 is 1.10 bits per heavy atom. The molecule has 6 nitrogen and oxygen atoms in total. The Labute approximate surface area is 293 Å². The summed E-state index contributed by atoms with van der Waals surface area (Å²) in [6.07, 6.45) is 3.69. The van der Waals surface area contributed by atoms with E-state index >= 15 is 0 Å². The van der Waals surface area contributed by atoms with Gasteiger partial charge in [0.05, 0.1) is 0 Å². The molecule has 0 fully saturated rings. The second-order valence-corrected chi connectivity index (χ2v) is 17.3. The van der Waals surface area contributed by atoms with Gasteiger partial charge in [0, 0.05) is 34.7 Å². The molecule has 4 rings (SSSR count). The van der Waals surface area contributed by atoms with Gasteiger partial charge in [0.15, 0.2) is 0 Å². The van der Waals surface area contributed by atoms with Gasteiger partial charge in [0.1, 0.15) is 34.4 Å². The maximum Gasteiger partial charge on any atom is 0.141 e. The summed E-state index contributed by atoms with van der Waals surface area (Å²) in [5.74, 6) is 0.429. The SMILES string of the molecule is CC(C)(C)c1cc(C=Nc2ccc(Cc3ccc(N=Cc4cc(C(C)(C)C)cc(C(C)(C)C)c4O)c(O)c3)cc2O)c(O)c(C(C)(C)C)c1. The quantitative estimate of drug-likeness (QED) is 0.154. The molecular formula is C43H54N2O4. The lowest BCUT2D eigenvalue weighted by molar-refractivity contribution is 0.443. The van der Waals surface area contributed by atoms with E-state index in [9.17, 15) is 20.4 Å². The van der Waals surface area contributed by atoms with Crippen molar-refractivity contribution in [3.05, 3.63) is 105 Å². The Kier molecular flexibility index (Phi) is 10.2. The minimum atomic E-state index is -0.256. The fourth-order valence-electron chi connectivity index (χ4n) is 5.61. The molecule has 0 spiro atoms. The van der Waals surface area contributed by atoms with Crippen molar-refractivity contribution >= 4 is 23.8 Å². The first-order chi connectivity index (χ1) is 22.4. The lowest BCUT2D eigenvalue weighted by atomic mass is 9.79. The minimum absolute atomic E-state index is 0.0219. The van der Waals surface area contributed by atoms with E-state index in [0.717, 1.165) is 33.4 Å². The highest BCUT2D eigenvalue weighted by Crippen LogP contribution is 2.39. The van der Waals surface area contributed by atoms with Gasteiger partial charge >= 0.3 is 0 Å². The largest absolute Gasteiger partial charge is 0.507 e. The predicted molar refractivity (Wildman–Crippen MR) is 205 cm³/mol. The third-order valence-corrected chi connectivity index (χ3v) is 8.80. The molecule has 0 bridgehead atoms. The molecule has 49 heavy (non-hydrogen) atoms. The second kappa shape index (κ2) is 13.4. The van der Waals surface area contributed by atoms with Crippen molar-refractivity contribution in [2.75, 3.05) is 0 Å². The van der Waals surface area contributed by atoms with Crippen molar-refractivity contribution in [2.45, 2.75) is 111 Å². The second-order valence-electron chi connectivity index (χ2n) is 17.3. The first-order valence-corrected chi connectivity index (χ1v) is 16.9. The Morgan fingerprint density at radius 1 is 0.469 bits per heavy atom. The zero-order valence-corrected chi connectivity index (χ0v) is 31.3. The van der Waals surface area contributed by atoms with Gasteiger partial charge in [-0.15, -0.1) is 0 Å². The van der Waals surface area contributed by atoms with Crippen molar-refractivity contribution in [3.63, 3.8) is 0 Å². The average Bonchev–Trinajstić information content (AvgIpc) is 2.95. The average molecular weight is 663 g/mol. The molecule has 0 radical (unpaired) electrons. The zero-order chi connectivity index (χ0) is 36.7. The van der Waals surface area contributed by atoms with Gasteiger partial charge in [0.25, 0.3) is 0 Å². The van der Waals surface area contributed by atoms with Crippen LogP contribution in [0.25, 0.3) is 0 Å². The summed E-state index contributed by atoms with van der Waals surface area (Å²) in [6, 6.07) is 18.6. The first kappa shape index (κ1) is 37.2. The number of hydrogen-bond donors (Lipinski definition) is 4. The number of rotatable bonds is 6. The summed E-state index contributed by atoms with van der Waals surface area (Å²) in [6.45, 7) is 25.3. The van der Waals surface area contributed by atoms with E-state index in [0.29, 0.717) is 28.9 Å². The van der Waals surface area contributed by atoms with E-state index in [2.05, 4.69) is 105 Å². The van der Waals surface area contributed by atoms with Gasteiger partial charge in [0.2, 0.25) is 0 Å². The van der Waals surface area contributed by atoms with Gasteiger partial charge in [-0.3, -0.25) is 9.98 Å². The van der Waals surface area contributed by atoms with Crippen LogP contribution in [-0.4, -0.2) is 32.9 Å². The molecule has 6 heteroatoms. The summed E-state index contributed by atoms with van der Waals surface area (Å²) >= 11 is 0. The third-order valence-electron chi connectivity index (χ3n) is 8.80. The van der Waals surface area contributed by atoms with Crippen molar-refractivity contribution in [1.29, 1.82) is 0 Å². The fourth-order valence-corrected chi connectivity index (χ4v) is 5.61. The number of nitrogens with zero attached hydrogens (tertiary/aromatic N) is 2. The topological polar surface area (TPSA) is 106 Å².